The summed E-state index contributed by atoms with van der Waals surface area (Å²) in [7, 11) is 0. The SMILES string of the molecule is O=C(CSc1cnc2ccccc2n1)OCc1nc(-c2cccnc2)no1. The number of para-hydroxylation sites is 2. The van der Waals surface area contributed by atoms with Crippen molar-refractivity contribution in [2.24, 2.45) is 0 Å². The maximum atomic E-state index is 11.9. The molecule has 0 atom stereocenters. The van der Waals surface area contributed by atoms with E-state index in [4.69, 9.17) is 9.26 Å². The molecule has 0 amide bonds. The molecule has 4 aromatic rings. The molecule has 1 aromatic carbocycles. The summed E-state index contributed by atoms with van der Waals surface area (Å²) in [5.41, 5.74) is 2.32. The molecular formula is C18H13N5O3S. The third-order valence-electron chi connectivity index (χ3n) is 3.51. The molecule has 27 heavy (non-hydrogen) atoms. The van der Waals surface area contributed by atoms with E-state index < -0.39 is 5.97 Å². The monoisotopic (exact) mass is 379 g/mol. The summed E-state index contributed by atoms with van der Waals surface area (Å²) < 4.78 is 10.3. The Labute approximate surface area is 158 Å². The van der Waals surface area contributed by atoms with E-state index in [0.717, 1.165) is 16.6 Å². The van der Waals surface area contributed by atoms with Crippen molar-refractivity contribution in [3.8, 4) is 11.4 Å². The highest BCUT2D eigenvalue weighted by Crippen LogP contribution is 2.18. The molecule has 8 nitrogen and oxygen atoms in total. The second-order valence-corrected chi connectivity index (χ2v) is 6.40. The Balaban J connectivity index is 1.30. The Hall–Kier alpha value is -3.33. The Morgan fingerprint density at radius 1 is 1.07 bits per heavy atom. The number of nitrogens with zero attached hydrogens (tertiary/aromatic N) is 5. The van der Waals surface area contributed by atoms with Gasteiger partial charge in [0.05, 0.1) is 23.0 Å². The van der Waals surface area contributed by atoms with E-state index in [2.05, 4.69) is 25.1 Å². The number of benzene rings is 1. The normalized spacial score (nSPS) is 10.8. The number of fused-ring (bicyclic) bond motifs is 1. The minimum absolute atomic E-state index is 0.0872. The van der Waals surface area contributed by atoms with Gasteiger partial charge in [0.15, 0.2) is 6.61 Å². The van der Waals surface area contributed by atoms with Gasteiger partial charge < -0.3 is 9.26 Å². The molecule has 0 aliphatic heterocycles. The van der Waals surface area contributed by atoms with Crippen LogP contribution in [-0.4, -0.2) is 36.8 Å². The van der Waals surface area contributed by atoms with Crippen LogP contribution in [0.5, 0.6) is 0 Å². The molecule has 4 rings (SSSR count). The van der Waals surface area contributed by atoms with Gasteiger partial charge in [-0.1, -0.05) is 29.1 Å². The van der Waals surface area contributed by atoms with Crippen LogP contribution in [0.25, 0.3) is 22.4 Å². The van der Waals surface area contributed by atoms with Gasteiger partial charge in [0, 0.05) is 18.0 Å². The van der Waals surface area contributed by atoms with Crippen LogP contribution in [-0.2, 0) is 16.1 Å². The van der Waals surface area contributed by atoms with Crippen LogP contribution in [0.4, 0.5) is 0 Å². The number of thioether (sulfide) groups is 1. The zero-order valence-corrected chi connectivity index (χ0v) is 14.8. The van der Waals surface area contributed by atoms with Gasteiger partial charge in [0.2, 0.25) is 5.82 Å². The van der Waals surface area contributed by atoms with Crippen LogP contribution in [0.15, 0.2) is 64.5 Å². The molecule has 0 spiro atoms. The van der Waals surface area contributed by atoms with E-state index in [0.29, 0.717) is 10.9 Å². The van der Waals surface area contributed by atoms with Gasteiger partial charge >= 0.3 is 5.97 Å². The lowest BCUT2D eigenvalue weighted by Gasteiger charge is -2.03. The summed E-state index contributed by atoms with van der Waals surface area (Å²) in [5, 5.41) is 4.50. The summed E-state index contributed by atoms with van der Waals surface area (Å²) in [5.74, 6) is 0.320. The lowest BCUT2D eigenvalue weighted by Crippen LogP contribution is -2.07. The second-order valence-electron chi connectivity index (χ2n) is 5.40. The fraction of sp³-hybridized carbons (Fsp3) is 0.111. The van der Waals surface area contributed by atoms with E-state index in [1.165, 1.54) is 11.8 Å². The molecule has 0 N–H and O–H groups in total. The van der Waals surface area contributed by atoms with Crippen molar-refractivity contribution in [3.05, 3.63) is 60.9 Å². The summed E-state index contributed by atoms with van der Waals surface area (Å²) in [6, 6.07) is 11.1. The first kappa shape index (κ1) is 17.1. The highest BCUT2D eigenvalue weighted by Gasteiger charge is 2.12. The van der Waals surface area contributed by atoms with Crippen molar-refractivity contribution in [3.63, 3.8) is 0 Å². The number of hydrogen-bond acceptors (Lipinski definition) is 9. The van der Waals surface area contributed by atoms with Crippen LogP contribution < -0.4 is 0 Å². The van der Waals surface area contributed by atoms with E-state index in [-0.39, 0.29) is 18.3 Å². The van der Waals surface area contributed by atoms with Crippen molar-refractivity contribution in [1.29, 1.82) is 0 Å². The number of ether oxygens (including phenoxy) is 1. The first-order chi connectivity index (χ1) is 13.3. The molecule has 0 unspecified atom stereocenters. The zero-order chi connectivity index (χ0) is 18.5. The third kappa shape index (κ3) is 4.26. The van der Waals surface area contributed by atoms with Gasteiger partial charge in [-0.05, 0) is 24.3 Å². The number of rotatable bonds is 6. The van der Waals surface area contributed by atoms with Gasteiger partial charge in [-0.3, -0.25) is 14.8 Å². The highest BCUT2D eigenvalue weighted by molar-refractivity contribution is 7.99. The van der Waals surface area contributed by atoms with Crippen LogP contribution in [0.2, 0.25) is 0 Å². The Bertz CT molecular complexity index is 1070. The van der Waals surface area contributed by atoms with Crippen LogP contribution in [0, 0.1) is 0 Å². The van der Waals surface area contributed by atoms with Crippen molar-refractivity contribution in [2.45, 2.75) is 11.6 Å². The Kier molecular flexibility index (Phi) is 5.01. The molecule has 0 bridgehead atoms. The maximum Gasteiger partial charge on any atom is 0.316 e. The van der Waals surface area contributed by atoms with E-state index in [1.54, 1.807) is 24.7 Å². The number of esters is 1. The van der Waals surface area contributed by atoms with Gasteiger partial charge in [0.25, 0.3) is 5.89 Å². The number of carbonyl (C=O) groups excluding carboxylic acids is 1. The molecule has 0 aliphatic carbocycles. The van der Waals surface area contributed by atoms with Gasteiger partial charge in [-0.15, -0.1) is 0 Å². The second kappa shape index (κ2) is 7.92. The average molecular weight is 379 g/mol. The van der Waals surface area contributed by atoms with Crippen LogP contribution >= 0.6 is 11.8 Å². The van der Waals surface area contributed by atoms with Crippen molar-refractivity contribution in [2.75, 3.05) is 5.75 Å². The lowest BCUT2D eigenvalue weighted by molar-refractivity contribution is -0.142. The lowest BCUT2D eigenvalue weighted by atomic mass is 10.3. The Morgan fingerprint density at radius 3 is 2.81 bits per heavy atom. The summed E-state index contributed by atoms with van der Waals surface area (Å²) in [4.78, 5) is 28.9. The zero-order valence-electron chi connectivity index (χ0n) is 14.0. The summed E-state index contributed by atoms with van der Waals surface area (Å²) >= 11 is 1.26. The summed E-state index contributed by atoms with van der Waals surface area (Å²) in [6.07, 6.45) is 4.92. The minimum atomic E-state index is -0.406. The standard InChI is InChI=1S/C18H13N5O3S/c24-17(11-27-16-9-20-13-5-1-2-6-14(13)21-16)25-10-15-22-18(23-26-15)12-4-3-7-19-8-12/h1-9H,10-11H2. The van der Waals surface area contributed by atoms with Crippen LogP contribution in [0.3, 0.4) is 0 Å². The molecule has 9 heteroatoms. The van der Waals surface area contributed by atoms with Crippen LogP contribution in [0.1, 0.15) is 5.89 Å². The third-order valence-corrected chi connectivity index (χ3v) is 4.38. The molecule has 0 radical (unpaired) electrons. The minimum Gasteiger partial charge on any atom is -0.455 e. The van der Waals surface area contributed by atoms with Gasteiger partial charge in [0.1, 0.15) is 5.03 Å². The molecule has 3 heterocycles. The molecule has 3 aromatic heterocycles. The predicted molar refractivity (Wildman–Crippen MR) is 97.6 cm³/mol. The number of carbonyl (C=O) groups is 1. The topological polar surface area (TPSA) is 104 Å². The van der Waals surface area contributed by atoms with Gasteiger partial charge in [-0.2, -0.15) is 4.98 Å². The first-order valence-electron chi connectivity index (χ1n) is 8.01. The van der Waals surface area contributed by atoms with Crippen molar-refractivity contribution in [1.82, 2.24) is 25.1 Å². The predicted octanol–water partition coefficient (Wildman–Crippen LogP) is 2.91. The molecule has 0 fully saturated rings. The van der Waals surface area contributed by atoms with Crippen molar-refractivity contribution >= 4 is 28.8 Å². The quantitative estimate of drug-likeness (QED) is 0.369. The van der Waals surface area contributed by atoms with E-state index >= 15 is 0 Å². The molecule has 0 aliphatic rings. The maximum absolute atomic E-state index is 11.9. The highest BCUT2D eigenvalue weighted by atomic mass is 32.2. The average Bonchev–Trinajstić information content (AvgIpc) is 3.20. The molecule has 0 saturated carbocycles. The van der Waals surface area contributed by atoms with Crippen molar-refractivity contribution < 1.29 is 14.1 Å². The largest absolute Gasteiger partial charge is 0.455 e. The molecule has 134 valence electrons. The Morgan fingerprint density at radius 2 is 1.96 bits per heavy atom. The number of hydrogen-bond donors (Lipinski definition) is 0. The number of pyridine rings is 1. The fourth-order valence-electron chi connectivity index (χ4n) is 2.25. The smallest absolute Gasteiger partial charge is 0.316 e. The fourth-order valence-corrected chi connectivity index (χ4v) is 2.89. The molecule has 0 saturated heterocycles. The first-order valence-corrected chi connectivity index (χ1v) is 9.00. The summed E-state index contributed by atoms with van der Waals surface area (Å²) in [6.45, 7) is -0.0872. The van der Waals surface area contributed by atoms with Gasteiger partial charge in [-0.25, -0.2) is 4.98 Å². The number of aromatic nitrogens is 5. The molecular weight excluding hydrogens is 366 g/mol. The van der Waals surface area contributed by atoms with E-state index in [9.17, 15) is 4.79 Å². The van der Waals surface area contributed by atoms with E-state index in [1.807, 2.05) is 30.3 Å².